The van der Waals surface area contributed by atoms with E-state index in [0.29, 0.717) is 6.54 Å². The third-order valence-corrected chi connectivity index (χ3v) is 3.25. The summed E-state index contributed by atoms with van der Waals surface area (Å²) >= 11 is 0. The third-order valence-electron chi connectivity index (χ3n) is 3.25. The Kier molecular flexibility index (Phi) is 4.07. The van der Waals surface area contributed by atoms with Crippen LogP contribution in [0.1, 0.15) is 28.7 Å². The molecule has 1 heterocycles. The second-order valence-electron chi connectivity index (χ2n) is 4.43. The smallest absolute Gasteiger partial charge is 0.0885 e. The molecule has 3 nitrogen and oxygen atoms in total. The molecule has 3 heteroatoms. The van der Waals surface area contributed by atoms with Crippen molar-refractivity contribution in [3.05, 3.63) is 65.5 Å². The highest BCUT2D eigenvalue weighted by atomic mass is 16.3. The van der Waals surface area contributed by atoms with Crippen LogP contribution in [0.25, 0.3) is 0 Å². The van der Waals surface area contributed by atoms with E-state index in [9.17, 15) is 5.11 Å². The molecule has 2 atom stereocenters. The van der Waals surface area contributed by atoms with Crippen LogP contribution in [0.2, 0.25) is 0 Å². The minimum absolute atomic E-state index is 0.101. The van der Waals surface area contributed by atoms with Crippen LogP contribution in [-0.2, 0) is 0 Å². The number of nitrogens with zero attached hydrogens (tertiary/aromatic N) is 1. The molecule has 0 aliphatic rings. The second-order valence-corrected chi connectivity index (χ2v) is 4.43. The van der Waals surface area contributed by atoms with Crippen molar-refractivity contribution >= 4 is 0 Å². The topological polar surface area (TPSA) is 59.1 Å². The molecule has 2 unspecified atom stereocenters. The zero-order chi connectivity index (χ0) is 13.0. The van der Waals surface area contributed by atoms with Gasteiger partial charge in [0.2, 0.25) is 0 Å². The number of nitrogens with two attached hydrogens (primary N) is 1. The molecule has 0 saturated carbocycles. The van der Waals surface area contributed by atoms with Gasteiger partial charge in [-0.3, -0.25) is 4.98 Å². The highest BCUT2D eigenvalue weighted by Gasteiger charge is 2.22. The molecular weight excluding hydrogens is 224 g/mol. The number of aryl methyl sites for hydroxylation is 1. The third kappa shape index (κ3) is 2.58. The molecule has 2 aromatic rings. The van der Waals surface area contributed by atoms with Gasteiger partial charge in [0.05, 0.1) is 6.10 Å². The molecular formula is C15H18N2O. The molecule has 1 aromatic heterocycles. The van der Waals surface area contributed by atoms with E-state index in [0.717, 1.165) is 16.7 Å². The van der Waals surface area contributed by atoms with E-state index in [2.05, 4.69) is 4.98 Å². The van der Waals surface area contributed by atoms with Gasteiger partial charge in [-0.15, -0.1) is 0 Å². The Hall–Kier alpha value is -1.71. The molecule has 0 aliphatic carbocycles. The SMILES string of the molecule is Cc1ccccc1C(CN)C(O)c1cccnc1. The van der Waals surface area contributed by atoms with Gasteiger partial charge >= 0.3 is 0 Å². The Balaban J connectivity index is 2.32. The maximum Gasteiger partial charge on any atom is 0.0885 e. The lowest BCUT2D eigenvalue weighted by Gasteiger charge is -2.23. The number of aliphatic hydroxyl groups excluding tert-OH is 1. The van der Waals surface area contributed by atoms with Crippen LogP contribution in [0.15, 0.2) is 48.8 Å². The number of hydrogen-bond acceptors (Lipinski definition) is 3. The molecule has 0 aliphatic heterocycles. The van der Waals surface area contributed by atoms with Crippen LogP contribution in [0.4, 0.5) is 0 Å². The number of aliphatic hydroxyl groups is 1. The summed E-state index contributed by atoms with van der Waals surface area (Å²) in [6.07, 6.45) is 2.76. The summed E-state index contributed by atoms with van der Waals surface area (Å²) in [6, 6.07) is 11.7. The van der Waals surface area contributed by atoms with Gasteiger partial charge in [-0.1, -0.05) is 30.3 Å². The first kappa shape index (κ1) is 12.7. The molecule has 0 fully saturated rings. The predicted molar refractivity (Wildman–Crippen MR) is 72.2 cm³/mol. The molecule has 0 radical (unpaired) electrons. The lowest BCUT2D eigenvalue weighted by molar-refractivity contribution is 0.147. The zero-order valence-electron chi connectivity index (χ0n) is 10.5. The molecule has 94 valence electrons. The maximum absolute atomic E-state index is 10.4. The number of aromatic nitrogens is 1. The fourth-order valence-electron chi connectivity index (χ4n) is 2.21. The summed E-state index contributed by atoms with van der Waals surface area (Å²) in [6.45, 7) is 2.44. The second kappa shape index (κ2) is 5.76. The summed E-state index contributed by atoms with van der Waals surface area (Å²) < 4.78 is 0. The number of benzene rings is 1. The van der Waals surface area contributed by atoms with Gasteiger partial charge in [-0.2, -0.15) is 0 Å². The van der Waals surface area contributed by atoms with E-state index in [1.807, 2.05) is 43.3 Å². The summed E-state index contributed by atoms with van der Waals surface area (Å²) in [7, 11) is 0. The van der Waals surface area contributed by atoms with Crippen LogP contribution in [0.3, 0.4) is 0 Å². The van der Waals surface area contributed by atoms with E-state index in [1.165, 1.54) is 0 Å². The van der Waals surface area contributed by atoms with E-state index < -0.39 is 6.10 Å². The first-order valence-electron chi connectivity index (χ1n) is 6.07. The van der Waals surface area contributed by atoms with Crippen molar-refractivity contribution in [1.29, 1.82) is 0 Å². The van der Waals surface area contributed by atoms with Gasteiger partial charge in [0.25, 0.3) is 0 Å². The standard InChI is InChI=1S/C15H18N2O/c1-11-5-2-3-7-13(11)14(9-16)15(18)12-6-4-8-17-10-12/h2-8,10,14-15,18H,9,16H2,1H3. The van der Waals surface area contributed by atoms with Crippen molar-refractivity contribution < 1.29 is 5.11 Å². The van der Waals surface area contributed by atoms with E-state index in [4.69, 9.17) is 5.73 Å². The average molecular weight is 242 g/mol. The fourth-order valence-corrected chi connectivity index (χ4v) is 2.21. The van der Waals surface area contributed by atoms with Crippen molar-refractivity contribution in [3.63, 3.8) is 0 Å². The fraction of sp³-hybridized carbons (Fsp3) is 0.267. The molecule has 2 rings (SSSR count). The Labute approximate surface area is 107 Å². The van der Waals surface area contributed by atoms with E-state index >= 15 is 0 Å². The maximum atomic E-state index is 10.4. The molecule has 0 bridgehead atoms. The van der Waals surface area contributed by atoms with Crippen molar-refractivity contribution in [2.75, 3.05) is 6.54 Å². The summed E-state index contributed by atoms with van der Waals surface area (Å²) in [4.78, 5) is 4.04. The first-order chi connectivity index (χ1) is 8.74. The van der Waals surface area contributed by atoms with Crippen LogP contribution < -0.4 is 5.73 Å². The number of hydrogen-bond donors (Lipinski definition) is 2. The lowest BCUT2D eigenvalue weighted by Crippen LogP contribution is -2.21. The predicted octanol–water partition coefficient (Wildman–Crippen LogP) is 2.17. The van der Waals surface area contributed by atoms with Crippen molar-refractivity contribution in [2.24, 2.45) is 5.73 Å². The summed E-state index contributed by atoms with van der Waals surface area (Å²) in [5, 5.41) is 10.4. The van der Waals surface area contributed by atoms with E-state index in [1.54, 1.807) is 12.4 Å². The molecule has 1 aromatic carbocycles. The van der Waals surface area contributed by atoms with Gasteiger partial charge in [-0.05, 0) is 29.7 Å². The van der Waals surface area contributed by atoms with Crippen LogP contribution in [0, 0.1) is 6.92 Å². The monoisotopic (exact) mass is 242 g/mol. The summed E-state index contributed by atoms with van der Waals surface area (Å²) in [5.41, 5.74) is 8.88. The number of rotatable bonds is 4. The van der Waals surface area contributed by atoms with E-state index in [-0.39, 0.29) is 5.92 Å². The quantitative estimate of drug-likeness (QED) is 0.863. The molecule has 3 N–H and O–H groups in total. The normalized spacial score (nSPS) is 14.2. The van der Waals surface area contributed by atoms with Crippen molar-refractivity contribution in [1.82, 2.24) is 4.98 Å². The molecule has 0 amide bonds. The Morgan fingerprint density at radius 1 is 1.22 bits per heavy atom. The van der Waals surface area contributed by atoms with Gasteiger partial charge < -0.3 is 10.8 Å². The molecule has 18 heavy (non-hydrogen) atoms. The van der Waals surface area contributed by atoms with Gasteiger partial charge in [0.15, 0.2) is 0 Å². The van der Waals surface area contributed by atoms with Crippen LogP contribution in [0.5, 0.6) is 0 Å². The number of pyridine rings is 1. The summed E-state index contributed by atoms with van der Waals surface area (Å²) in [5.74, 6) is -0.101. The average Bonchev–Trinajstić information content (AvgIpc) is 2.42. The Morgan fingerprint density at radius 3 is 2.61 bits per heavy atom. The largest absolute Gasteiger partial charge is 0.388 e. The van der Waals surface area contributed by atoms with Gasteiger partial charge in [0, 0.05) is 24.9 Å². The van der Waals surface area contributed by atoms with Crippen molar-refractivity contribution in [2.45, 2.75) is 18.9 Å². The Bertz CT molecular complexity index is 499. The van der Waals surface area contributed by atoms with Gasteiger partial charge in [0.1, 0.15) is 0 Å². The van der Waals surface area contributed by atoms with Gasteiger partial charge in [-0.25, -0.2) is 0 Å². The zero-order valence-corrected chi connectivity index (χ0v) is 10.5. The highest BCUT2D eigenvalue weighted by Crippen LogP contribution is 2.31. The van der Waals surface area contributed by atoms with Crippen molar-refractivity contribution in [3.8, 4) is 0 Å². The van der Waals surface area contributed by atoms with Crippen LogP contribution in [-0.4, -0.2) is 16.6 Å². The lowest BCUT2D eigenvalue weighted by atomic mass is 9.87. The molecule has 0 spiro atoms. The highest BCUT2D eigenvalue weighted by molar-refractivity contribution is 5.32. The Morgan fingerprint density at radius 2 is 2.00 bits per heavy atom. The van der Waals surface area contributed by atoms with Crippen LogP contribution >= 0.6 is 0 Å². The molecule has 0 saturated heterocycles. The minimum atomic E-state index is -0.621. The minimum Gasteiger partial charge on any atom is -0.388 e. The first-order valence-corrected chi connectivity index (χ1v) is 6.07.